The van der Waals surface area contributed by atoms with Crippen LogP contribution in [0.2, 0.25) is 0 Å². The number of aryl methyl sites for hydroxylation is 2. The Labute approximate surface area is 192 Å². The lowest BCUT2D eigenvalue weighted by molar-refractivity contribution is -0.136. The fourth-order valence-corrected chi connectivity index (χ4v) is 3.66. The Morgan fingerprint density at radius 2 is 1.64 bits per heavy atom. The minimum absolute atomic E-state index is 0.0491. The first kappa shape index (κ1) is 24.3. The number of rotatable bonds is 11. The summed E-state index contributed by atoms with van der Waals surface area (Å²) in [5.41, 5.74) is 4.23. The molecule has 0 aliphatic carbocycles. The Hall–Kier alpha value is -3.32. The lowest BCUT2D eigenvalue weighted by atomic mass is 9.95. The van der Waals surface area contributed by atoms with E-state index in [-0.39, 0.29) is 6.42 Å². The standard InChI is InChI=1S/C26H27F2NO4/c1-32-12-4-3-5-18-13-21(19-9-6-17(7-10-19)8-11-24(30)31)25(29-16-18)20-14-22(27)26(33-2)23(28)15-20/h6-7,9-10,13-16H,3-5,8,11-12H2,1-2H3,(H,30,31). The Bertz CT molecular complexity index is 1080. The van der Waals surface area contributed by atoms with Gasteiger partial charge < -0.3 is 14.6 Å². The summed E-state index contributed by atoms with van der Waals surface area (Å²) in [6.45, 7) is 0.681. The van der Waals surface area contributed by atoms with E-state index in [1.54, 1.807) is 13.3 Å². The van der Waals surface area contributed by atoms with Gasteiger partial charge in [-0.3, -0.25) is 9.78 Å². The van der Waals surface area contributed by atoms with Crippen LogP contribution in [0, 0.1) is 11.6 Å². The van der Waals surface area contributed by atoms with Gasteiger partial charge in [-0.2, -0.15) is 0 Å². The van der Waals surface area contributed by atoms with Gasteiger partial charge in [-0.1, -0.05) is 24.3 Å². The Morgan fingerprint density at radius 3 is 2.24 bits per heavy atom. The molecule has 0 aliphatic heterocycles. The van der Waals surface area contributed by atoms with E-state index in [9.17, 15) is 13.6 Å². The Kier molecular flexibility index (Phi) is 8.49. The van der Waals surface area contributed by atoms with Gasteiger partial charge in [0.15, 0.2) is 17.4 Å². The predicted molar refractivity (Wildman–Crippen MR) is 122 cm³/mol. The van der Waals surface area contributed by atoms with Crippen LogP contribution in [0.4, 0.5) is 8.78 Å². The molecule has 0 saturated heterocycles. The van der Waals surface area contributed by atoms with Crippen LogP contribution in [-0.4, -0.2) is 36.9 Å². The number of halogens is 2. The van der Waals surface area contributed by atoms with Gasteiger partial charge in [0.2, 0.25) is 0 Å². The number of aromatic nitrogens is 1. The second-order valence-corrected chi connectivity index (χ2v) is 7.75. The van der Waals surface area contributed by atoms with E-state index in [0.717, 1.165) is 41.5 Å². The lowest BCUT2D eigenvalue weighted by Gasteiger charge is -2.14. The SMILES string of the molecule is COCCCCc1cnc(-c2cc(F)c(OC)c(F)c2)c(-c2ccc(CCC(=O)O)cc2)c1. The van der Waals surface area contributed by atoms with Crippen molar-refractivity contribution < 1.29 is 28.2 Å². The number of carboxylic acid groups (broad SMARTS) is 1. The topological polar surface area (TPSA) is 68.7 Å². The minimum Gasteiger partial charge on any atom is -0.491 e. The van der Waals surface area contributed by atoms with Gasteiger partial charge in [0, 0.05) is 37.5 Å². The predicted octanol–water partition coefficient (Wildman–Crippen LogP) is 5.69. The molecule has 2 aromatic carbocycles. The average Bonchev–Trinajstić information content (AvgIpc) is 2.80. The normalized spacial score (nSPS) is 10.9. The van der Waals surface area contributed by atoms with Crippen molar-refractivity contribution in [3.05, 3.63) is 71.4 Å². The summed E-state index contributed by atoms with van der Waals surface area (Å²) in [6, 6.07) is 11.9. The number of hydrogen-bond acceptors (Lipinski definition) is 4. The fraction of sp³-hybridized carbons (Fsp3) is 0.308. The van der Waals surface area contributed by atoms with Crippen molar-refractivity contribution in [3.63, 3.8) is 0 Å². The third-order valence-corrected chi connectivity index (χ3v) is 5.38. The number of hydrogen-bond donors (Lipinski definition) is 1. The lowest BCUT2D eigenvalue weighted by Crippen LogP contribution is -1.99. The molecular formula is C26H27F2NO4. The van der Waals surface area contributed by atoms with Crippen LogP contribution in [0.1, 0.15) is 30.4 Å². The number of pyridine rings is 1. The molecule has 0 aliphatic rings. The first-order valence-electron chi connectivity index (χ1n) is 10.7. The number of aliphatic carboxylic acids is 1. The second-order valence-electron chi connectivity index (χ2n) is 7.75. The smallest absolute Gasteiger partial charge is 0.303 e. The van der Waals surface area contributed by atoms with Crippen LogP contribution in [0.15, 0.2) is 48.7 Å². The minimum atomic E-state index is -0.852. The van der Waals surface area contributed by atoms with Gasteiger partial charge in [-0.05, 0) is 60.6 Å². The molecule has 174 valence electrons. The first-order chi connectivity index (χ1) is 15.9. The third kappa shape index (κ3) is 6.35. The van der Waals surface area contributed by atoms with E-state index >= 15 is 0 Å². The highest BCUT2D eigenvalue weighted by molar-refractivity contribution is 5.81. The number of nitrogens with zero attached hydrogens (tertiary/aromatic N) is 1. The van der Waals surface area contributed by atoms with Gasteiger partial charge in [0.25, 0.3) is 0 Å². The van der Waals surface area contributed by atoms with E-state index in [0.29, 0.717) is 24.3 Å². The zero-order chi connectivity index (χ0) is 23.8. The summed E-state index contributed by atoms with van der Waals surface area (Å²) in [6.07, 6.45) is 4.84. The van der Waals surface area contributed by atoms with Crippen LogP contribution in [-0.2, 0) is 22.4 Å². The van der Waals surface area contributed by atoms with E-state index in [4.69, 9.17) is 14.6 Å². The Balaban J connectivity index is 2.00. The number of methoxy groups -OCH3 is 2. The summed E-state index contributed by atoms with van der Waals surface area (Å²) in [4.78, 5) is 15.4. The summed E-state index contributed by atoms with van der Waals surface area (Å²) in [7, 11) is 2.89. The number of unbranched alkanes of at least 4 members (excludes halogenated alkanes) is 1. The van der Waals surface area contributed by atoms with Crippen LogP contribution in [0.5, 0.6) is 5.75 Å². The van der Waals surface area contributed by atoms with Gasteiger partial charge in [0.1, 0.15) is 0 Å². The van der Waals surface area contributed by atoms with Crippen molar-refractivity contribution in [3.8, 4) is 28.1 Å². The molecule has 0 radical (unpaired) electrons. The molecule has 0 atom stereocenters. The summed E-state index contributed by atoms with van der Waals surface area (Å²) < 4.78 is 38.7. The maximum absolute atomic E-state index is 14.4. The maximum Gasteiger partial charge on any atom is 0.303 e. The maximum atomic E-state index is 14.4. The van der Waals surface area contributed by atoms with Crippen LogP contribution < -0.4 is 4.74 Å². The number of carboxylic acids is 1. The van der Waals surface area contributed by atoms with Crippen LogP contribution in [0.3, 0.4) is 0 Å². The molecule has 0 saturated carbocycles. The number of carbonyl (C=O) groups is 1. The molecule has 1 N–H and O–H groups in total. The van der Waals surface area contributed by atoms with Crippen molar-refractivity contribution in [2.75, 3.05) is 20.8 Å². The van der Waals surface area contributed by atoms with E-state index < -0.39 is 23.4 Å². The molecule has 0 fully saturated rings. The molecule has 0 bridgehead atoms. The summed E-state index contributed by atoms with van der Waals surface area (Å²) in [5.74, 6) is -2.88. The van der Waals surface area contributed by atoms with Crippen molar-refractivity contribution >= 4 is 5.97 Å². The molecule has 33 heavy (non-hydrogen) atoms. The van der Waals surface area contributed by atoms with Crippen LogP contribution >= 0.6 is 0 Å². The third-order valence-electron chi connectivity index (χ3n) is 5.38. The molecule has 0 spiro atoms. The summed E-state index contributed by atoms with van der Waals surface area (Å²) >= 11 is 0. The van der Waals surface area contributed by atoms with Crippen molar-refractivity contribution in [2.24, 2.45) is 0 Å². The van der Waals surface area contributed by atoms with Crippen LogP contribution in [0.25, 0.3) is 22.4 Å². The molecule has 3 aromatic rings. The highest BCUT2D eigenvalue weighted by atomic mass is 19.1. The average molecular weight is 456 g/mol. The van der Waals surface area contributed by atoms with E-state index in [2.05, 4.69) is 4.98 Å². The summed E-state index contributed by atoms with van der Waals surface area (Å²) in [5, 5.41) is 8.90. The highest BCUT2D eigenvalue weighted by Crippen LogP contribution is 2.35. The zero-order valence-corrected chi connectivity index (χ0v) is 18.7. The number of ether oxygens (including phenoxy) is 2. The van der Waals surface area contributed by atoms with Gasteiger partial charge in [-0.15, -0.1) is 0 Å². The largest absolute Gasteiger partial charge is 0.491 e. The van der Waals surface area contributed by atoms with Crippen molar-refractivity contribution in [1.82, 2.24) is 4.98 Å². The van der Waals surface area contributed by atoms with Crippen molar-refractivity contribution in [1.29, 1.82) is 0 Å². The monoisotopic (exact) mass is 455 g/mol. The van der Waals surface area contributed by atoms with Gasteiger partial charge >= 0.3 is 5.97 Å². The van der Waals surface area contributed by atoms with E-state index in [1.807, 2.05) is 30.3 Å². The van der Waals surface area contributed by atoms with Gasteiger partial charge in [-0.25, -0.2) is 8.78 Å². The van der Waals surface area contributed by atoms with Crippen molar-refractivity contribution in [2.45, 2.75) is 32.1 Å². The first-order valence-corrected chi connectivity index (χ1v) is 10.7. The highest BCUT2D eigenvalue weighted by Gasteiger charge is 2.17. The van der Waals surface area contributed by atoms with Gasteiger partial charge in [0.05, 0.1) is 12.8 Å². The number of benzene rings is 2. The molecule has 1 aromatic heterocycles. The quantitative estimate of drug-likeness (QED) is 0.376. The molecule has 0 unspecified atom stereocenters. The Morgan fingerprint density at radius 1 is 0.939 bits per heavy atom. The molecule has 0 amide bonds. The fourth-order valence-electron chi connectivity index (χ4n) is 3.66. The zero-order valence-electron chi connectivity index (χ0n) is 18.7. The molecular weight excluding hydrogens is 428 g/mol. The van der Waals surface area contributed by atoms with E-state index in [1.165, 1.54) is 19.2 Å². The second kappa shape index (κ2) is 11.5. The molecule has 3 rings (SSSR count). The molecule has 7 heteroatoms. The molecule has 5 nitrogen and oxygen atoms in total. The molecule has 1 heterocycles.